The first-order chi connectivity index (χ1) is 11.7. The number of amides is 1. The highest BCUT2D eigenvalue weighted by molar-refractivity contribution is 5.88. The molecule has 0 aliphatic heterocycles. The number of nitrogens with two attached hydrogens (primary N) is 1. The first-order valence-electron chi connectivity index (χ1n) is 7.94. The van der Waals surface area contributed by atoms with Crippen LogP contribution in [0.15, 0.2) is 36.4 Å². The Morgan fingerprint density at radius 2 is 1.80 bits per heavy atom. The van der Waals surface area contributed by atoms with E-state index < -0.39 is 11.6 Å². The number of nitrogens with zero attached hydrogens (tertiary/aromatic N) is 4. The predicted octanol–water partition coefficient (Wildman–Crippen LogP) is 3.57. The van der Waals surface area contributed by atoms with Crippen LogP contribution in [0.1, 0.15) is 26.5 Å². The molecule has 3 aromatic rings. The summed E-state index contributed by atoms with van der Waals surface area (Å²) in [5.74, 6) is 0.234. The van der Waals surface area contributed by atoms with Gasteiger partial charge in [0, 0.05) is 22.5 Å². The molecule has 0 radical (unpaired) electrons. The monoisotopic (exact) mass is 339 g/mol. The summed E-state index contributed by atoms with van der Waals surface area (Å²) in [4.78, 5) is 17.1. The Morgan fingerprint density at radius 1 is 1.16 bits per heavy atom. The van der Waals surface area contributed by atoms with Gasteiger partial charge >= 0.3 is 6.09 Å². The molecule has 130 valence electrons. The number of hydrogen-bond acceptors (Lipinski definition) is 4. The van der Waals surface area contributed by atoms with Gasteiger partial charge in [0.15, 0.2) is 5.65 Å². The maximum absolute atomic E-state index is 11.6. The largest absolute Gasteiger partial charge is 0.465 e. The second-order valence-corrected chi connectivity index (χ2v) is 6.91. The topological polar surface area (TPSA) is 96.8 Å². The standard InChI is InChI=1S/C18H21N5O2/c1-11-14(9-10-15-20-16(19)21-23(11)15)12-5-7-13(8-6-12)22(17(24)25)18(2,3)4/h5-10H,1-4H3,(H2,19,21)(H,24,25). The van der Waals surface area contributed by atoms with Gasteiger partial charge in [-0.15, -0.1) is 5.10 Å². The molecule has 0 aliphatic rings. The van der Waals surface area contributed by atoms with Gasteiger partial charge in [-0.3, -0.25) is 4.90 Å². The van der Waals surface area contributed by atoms with Crippen molar-refractivity contribution in [3.63, 3.8) is 0 Å². The molecular weight excluding hydrogens is 318 g/mol. The van der Waals surface area contributed by atoms with Gasteiger partial charge in [0.2, 0.25) is 5.95 Å². The van der Waals surface area contributed by atoms with Crippen LogP contribution in [0, 0.1) is 6.92 Å². The lowest BCUT2D eigenvalue weighted by molar-refractivity contribution is 0.195. The average Bonchev–Trinajstić information content (AvgIpc) is 2.88. The number of carbonyl (C=O) groups is 1. The zero-order valence-electron chi connectivity index (χ0n) is 14.7. The number of aryl methyl sites for hydroxylation is 1. The van der Waals surface area contributed by atoms with Crippen molar-refractivity contribution in [2.24, 2.45) is 0 Å². The molecule has 25 heavy (non-hydrogen) atoms. The van der Waals surface area contributed by atoms with Gasteiger partial charge < -0.3 is 10.8 Å². The normalized spacial score (nSPS) is 11.7. The summed E-state index contributed by atoms with van der Waals surface area (Å²) in [5.41, 5.74) is 9.34. The number of anilines is 2. The Kier molecular flexibility index (Phi) is 3.87. The highest BCUT2D eigenvalue weighted by atomic mass is 16.4. The summed E-state index contributed by atoms with van der Waals surface area (Å²) in [6.45, 7) is 7.54. The molecule has 0 unspecified atom stereocenters. The van der Waals surface area contributed by atoms with E-state index in [1.807, 2.05) is 64.1 Å². The van der Waals surface area contributed by atoms with Crippen LogP contribution in [0.25, 0.3) is 16.8 Å². The number of aromatic nitrogens is 3. The number of nitrogen functional groups attached to an aromatic ring is 1. The van der Waals surface area contributed by atoms with Gasteiger partial charge in [-0.25, -0.2) is 9.31 Å². The number of benzene rings is 1. The molecule has 0 saturated heterocycles. The Labute approximate surface area is 145 Å². The Bertz CT molecular complexity index is 938. The molecule has 0 atom stereocenters. The van der Waals surface area contributed by atoms with Crippen LogP contribution in [0.4, 0.5) is 16.4 Å². The van der Waals surface area contributed by atoms with Crippen LogP contribution in [0.2, 0.25) is 0 Å². The van der Waals surface area contributed by atoms with E-state index in [1.54, 1.807) is 4.52 Å². The average molecular weight is 339 g/mol. The molecule has 3 N–H and O–H groups in total. The Hall–Kier alpha value is -3.09. The molecule has 7 heteroatoms. The van der Waals surface area contributed by atoms with Crippen LogP contribution in [0.5, 0.6) is 0 Å². The smallest absolute Gasteiger partial charge is 0.412 e. The number of hydrogen-bond donors (Lipinski definition) is 2. The van der Waals surface area contributed by atoms with E-state index in [4.69, 9.17) is 5.73 Å². The van der Waals surface area contributed by atoms with E-state index in [2.05, 4.69) is 10.1 Å². The van der Waals surface area contributed by atoms with E-state index in [-0.39, 0.29) is 5.95 Å². The third-order valence-corrected chi connectivity index (χ3v) is 4.05. The molecule has 2 heterocycles. The highest BCUT2D eigenvalue weighted by Crippen LogP contribution is 2.29. The third kappa shape index (κ3) is 3.00. The highest BCUT2D eigenvalue weighted by Gasteiger charge is 2.27. The first-order valence-corrected chi connectivity index (χ1v) is 7.94. The van der Waals surface area contributed by atoms with Crippen LogP contribution in [-0.4, -0.2) is 31.3 Å². The zero-order chi connectivity index (χ0) is 18.4. The lowest BCUT2D eigenvalue weighted by atomic mass is 10.0. The van der Waals surface area contributed by atoms with E-state index in [0.29, 0.717) is 11.3 Å². The molecule has 2 aromatic heterocycles. The maximum Gasteiger partial charge on any atom is 0.412 e. The fourth-order valence-electron chi connectivity index (χ4n) is 2.97. The Balaban J connectivity index is 2.03. The van der Waals surface area contributed by atoms with Crippen molar-refractivity contribution < 1.29 is 9.90 Å². The van der Waals surface area contributed by atoms with E-state index >= 15 is 0 Å². The minimum atomic E-state index is -0.976. The van der Waals surface area contributed by atoms with Crippen LogP contribution in [-0.2, 0) is 0 Å². The van der Waals surface area contributed by atoms with Gasteiger partial charge in [-0.2, -0.15) is 4.98 Å². The lowest BCUT2D eigenvalue weighted by Gasteiger charge is -2.33. The summed E-state index contributed by atoms with van der Waals surface area (Å²) in [5, 5.41) is 13.7. The van der Waals surface area contributed by atoms with Gasteiger partial charge in [-0.05, 0) is 57.5 Å². The minimum absolute atomic E-state index is 0.234. The molecule has 3 rings (SSSR count). The van der Waals surface area contributed by atoms with Crippen molar-refractivity contribution in [3.05, 3.63) is 42.1 Å². The van der Waals surface area contributed by atoms with Gasteiger partial charge in [0.25, 0.3) is 0 Å². The van der Waals surface area contributed by atoms with E-state index in [1.165, 1.54) is 4.90 Å². The summed E-state index contributed by atoms with van der Waals surface area (Å²) < 4.78 is 1.71. The summed E-state index contributed by atoms with van der Waals surface area (Å²) in [6, 6.07) is 11.3. The van der Waals surface area contributed by atoms with Gasteiger partial charge in [0.1, 0.15) is 0 Å². The zero-order valence-corrected chi connectivity index (χ0v) is 14.7. The Morgan fingerprint density at radius 3 is 2.36 bits per heavy atom. The number of pyridine rings is 1. The second kappa shape index (κ2) is 5.77. The first kappa shape index (κ1) is 16.8. The predicted molar refractivity (Wildman–Crippen MR) is 97.8 cm³/mol. The van der Waals surface area contributed by atoms with Crippen molar-refractivity contribution >= 4 is 23.4 Å². The van der Waals surface area contributed by atoms with Crippen molar-refractivity contribution in [1.82, 2.24) is 14.6 Å². The van der Waals surface area contributed by atoms with E-state index in [0.717, 1.165) is 16.8 Å². The molecule has 0 saturated carbocycles. The molecule has 0 spiro atoms. The van der Waals surface area contributed by atoms with Crippen LogP contribution >= 0.6 is 0 Å². The van der Waals surface area contributed by atoms with E-state index in [9.17, 15) is 9.90 Å². The number of carboxylic acid groups (broad SMARTS) is 1. The van der Waals surface area contributed by atoms with Crippen molar-refractivity contribution in [3.8, 4) is 11.1 Å². The van der Waals surface area contributed by atoms with Crippen molar-refractivity contribution in [2.75, 3.05) is 10.6 Å². The molecule has 7 nitrogen and oxygen atoms in total. The molecule has 1 aromatic carbocycles. The third-order valence-electron chi connectivity index (χ3n) is 4.05. The fraction of sp³-hybridized carbons (Fsp3) is 0.278. The molecular formula is C18H21N5O2. The summed E-state index contributed by atoms with van der Waals surface area (Å²) in [7, 11) is 0. The van der Waals surface area contributed by atoms with Crippen LogP contribution < -0.4 is 10.6 Å². The van der Waals surface area contributed by atoms with Crippen LogP contribution in [0.3, 0.4) is 0 Å². The van der Waals surface area contributed by atoms with Gasteiger partial charge in [0.05, 0.1) is 0 Å². The van der Waals surface area contributed by atoms with Crippen molar-refractivity contribution in [2.45, 2.75) is 33.2 Å². The van der Waals surface area contributed by atoms with Gasteiger partial charge in [-0.1, -0.05) is 12.1 Å². The summed E-state index contributed by atoms with van der Waals surface area (Å²) in [6.07, 6.45) is -0.976. The minimum Gasteiger partial charge on any atom is -0.465 e. The maximum atomic E-state index is 11.6. The summed E-state index contributed by atoms with van der Waals surface area (Å²) >= 11 is 0. The SMILES string of the molecule is Cc1c(-c2ccc(N(C(=O)O)C(C)(C)C)cc2)ccc2nc(N)nn12. The number of rotatable bonds is 2. The molecule has 0 bridgehead atoms. The fourth-order valence-corrected chi connectivity index (χ4v) is 2.97. The number of fused-ring (bicyclic) bond motifs is 1. The molecule has 0 aliphatic carbocycles. The lowest BCUT2D eigenvalue weighted by Crippen LogP contribution is -2.45. The quantitative estimate of drug-likeness (QED) is 0.744. The molecule has 1 amide bonds. The van der Waals surface area contributed by atoms with Crippen molar-refractivity contribution in [1.29, 1.82) is 0 Å². The molecule has 0 fully saturated rings. The second-order valence-electron chi connectivity index (χ2n) is 6.91.